The molecule has 1 aliphatic carbocycles. The van der Waals surface area contributed by atoms with E-state index in [-0.39, 0.29) is 5.88 Å². The normalized spacial score (nSPS) is 9.92. The van der Waals surface area contributed by atoms with Crippen LogP contribution in [0.2, 0.25) is 0 Å². The molecule has 0 unspecified atom stereocenters. The van der Waals surface area contributed by atoms with Crippen molar-refractivity contribution in [1.82, 2.24) is 0 Å². The molecule has 0 fully saturated rings. The number of hydrogen-bond donors (Lipinski definition) is 1. The molecule has 12 heavy (non-hydrogen) atoms. The molecule has 2 N–H and O–H groups in total. The molecule has 0 radical (unpaired) electrons. The maximum absolute atomic E-state index is 8.63. The first-order valence-corrected chi connectivity index (χ1v) is 3.49. The Morgan fingerprint density at radius 2 is 2.25 bits per heavy atom. The number of fused-ring (bicyclic) bond motifs is 1. The first-order valence-electron chi connectivity index (χ1n) is 3.49. The van der Waals surface area contributed by atoms with Crippen molar-refractivity contribution in [2.24, 2.45) is 0 Å². The first kappa shape index (κ1) is 6.74. The van der Waals surface area contributed by atoms with Gasteiger partial charge in [0, 0.05) is 5.56 Å². The minimum Gasteiger partial charge on any atom is -0.440 e. The number of nitrogen functional groups attached to an aromatic ring is 1. The Morgan fingerprint density at radius 3 is 3.00 bits per heavy atom. The Hall–Kier alpha value is -1.95. The Balaban J connectivity index is 2.77. The molecule has 1 heterocycles. The molecule has 0 aromatic rings. The average Bonchev–Trinajstić information content (AvgIpc) is 2.49. The predicted octanol–water partition coefficient (Wildman–Crippen LogP) is 1.84. The maximum atomic E-state index is 8.63. The first-order chi connectivity index (χ1) is 5.81. The van der Waals surface area contributed by atoms with E-state index >= 15 is 0 Å². The standard InChI is InChI=1S/C9H6N2O/c10-5-7-4-6-2-1-3-8(6)12-9(7)11/h1-4H,11H2. The van der Waals surface area contributed by atoms with Gasteiger partial charge in [-0.2, -0.15) is 5.26 Å². The van der Waals surface area contributed by atoms with E-state index < -0.39 is 0 Å². The highest BCUT2D eigenvalue weighted by atomic mass is 16.3. The SMILES string of the molecule is N#Cc1cc2cccc-2oc1N. The van der Waals surface area contributed by atoms with Gasteiger partial charge in [0.2, 0.25) is 5.88 Å². The molecule has 0 atom stereocenters. The lowest BCUT2D eigenvalue weighted by Gasteiger charge is -2.00. The van der Waals surface area contributed by atoms with Crippen LogP contribution in [0, 0.1) is 11.3 Å². The van der Waals surface area contributed by atoms with Crippen LogP contribution in [0.25, 0.3) is 11.3 Å². The molecule has 0 amide bonds. The summed E-state index contributed by atoms with van der Waals surface area (Å²) in [4.78, 5) is 0. The third kappa shape index (κ3) is 0.823. The van der Waals surface area contributed by atoms with Gasteiger partial charge in [-0.05, 0) is 12.1 Å². The van der Waals surface area contributed by atoms with E-state index in [4.69, 9.17) is 15.4 Å². The number of nitriles is 1. The molecule has 0 aromatic carbocycles. The minimum atomic E-state index is 0.177. The molecular formula is C9H6N2O. The van der Waals surface area contributed by atoms with Crippen molar-refractivity contribution in [1.29, 1.82) is 5.26 Å². The summed E-state index contributed by atoms with van der Waals surface area (Å²) in [5.74, 6) is 0.891. The Morgan fingerprint density at radius 1 is 1.42 bits per heavy atom. The largest absolute Gasteiger partial charge is 0.440 e. The predicted molar refractivity (Wildman–Crippen MR) is 44.5 cm³/mol. The van der Waals surface area contributed by atoms with Gasteiger partial charge in [-0.1, -0.05) is 12.1 Å². The van der Waals surface area contributed by atoms with Gasteiger partial charge >= 0.3 is 0 Å². The lowest BCUT2D eigenvalue weighted by Crippen LogP contribution is -1.90. The third-order valence-electron chi connectivity index (χ3n) is 1.71. The molecule has 0 aromatic heterocycles. The highest BCUT2D eigenvalue weighted by Crippen LogP contribution is 2.27. The van der Waals surface area contributed by atoms with Gasteiger partial charge < -0.3 is 10.2 Å². The number of hydrogen-bond acceptors (Lipinski definition) is 3. The fraction of sp³-hybridized carbons (Fsp3) is 0. The fourth-order valence-electron chi connectivity index (χ4n) is 1.12. The summed E-state index contributed by atoms with van der Waals surface area (Å²) in [6, 6.07) is 9.22. The molecule has 3 heteroatoms. The number of nitrogens with two attached hydrogens (primary N) is 1. The summed E-state index contributed by atoms with van der Waals surface area (Å²) in [5, 5.41) is 8.63. The third-order valence-corrected chi connectivity index (χ3v) is 1.71. The van der Waals surface area contributed by atoms with Gasteiger partial charge in [-0.25, -0.2) is 0 Å². The van der Waals surface area contributed by atoms with E-state index in [1.165, 1.54) is 0 Å². The van der Waals surface area contributed by atoms with Crippen molar-refractivity contribution < 1.29 is 4.42 Å². The summed E-state index contributed by atoms with van der Waals surface area (Å²) in [6.07, 6.45) is 0. The number of nitrogens with zero attached hydrogens (tertiary/aromatic N) is 1. The van der Waals surface area contributed by atoms with Crippen LogP contribution in [0.4, 0.5) is 5.88 Å². The topological polar surface area (TPSA) is 63.0 Å². The van der Waals surface area contributed by atoms with Crippen LogP contribution in [0.5, 0.6) is 0 Å². The van der Waals surface area contributed by atoms with Crippen LogP contribution in [0.1, 0.15) is 5.56 Å². The van der Waals surface area contributed by atoms with Crippen molar-refractivity contribution in [2.45, 2.75) is 0 Å². The highest BCUT2D eigenvalue weighted by molar-refractivity contribution is 5.66. The van der Waals surface area contributed by atoms with Gasteiger partial charge in [-0.3, -0.25) is 0 Å². The Labute approximate surface area is 69.4 Å². The van der Waals surface area contributed by atoms with Crippen LogP contribution < -0.4 is 5.73 Å². The van der Waals surface area contributed by atoms with E-state index in [9.17, 15) is 0 Å². The van der Waals surface area contributed by atoms with Crippen molar-refractivity contribution in [3.63, 3.8) is 0 Å². The molecule has 2 rings (SSSR count). The lowest BCUT2D eigenvalue weighted by molar-refractivity contribution is 0.587. The number of rotatable bonds is 0. The summed E-state index contributed by atoms with van der Waals surface area (Å²) < 4.78 is 5.18. The van der Waals surface area contributed by atoms with Crippen LogP contribution in [0.15, 0.2) is 28.7 Å². The Kier molecular flexibility index (Phi) is 1.28. The minimum absolute atomic E-state index is 0.177. The zero-order chi connectivity index (χ0) is 8.55. The monoisotopic (exact) mass is 158 g/mol. The van der Waals surface area contributed by atoms with Gasteiger partial charge in [0.25, 0.3) is 0 Å². The van der Waals surface area contributed by atoms with E-state index in [1.54, 1.807) is 6.07 Å². The quantitative estimate of drug-likeness (QED) is 0.636. The summed E-state index contributed by atoms with van der Waals surface area (Å²) in [5.41, 5.74) is 6.75. The maximum Gasteiger partial charge on any atom is 0.208 e. The van der Waals surface area contributed by atoms with Crippen molar-refractivity contribution in [2.75, 3.05) is 5.73 Å². The molecule has 0 bridgehead atoms. The van der Waals surface area contributed by atoms with Crippen molar-refractivity contribution in [3.8, 4) is 17.4 Å². The van der Waals surface area contributed by atoms with Gasteiger partial charge in [0.15, 0.2) is 0 Å². The molecular weight excluding hydrogens is 152 g/mol. The van der Waals surface area contributed by atoms with Crippen LogP contribution >= 0.6 is 0 Å². The Bertz CT molecular complexity index is 425. The van der Waals surface area contributed by atoms with Gasteiger partial charge in [0.1, 0.15) is 17.4 Å². The highest BCUT2D eigenvalue weighted by Gasteiger charge is 2.08. The summed E-state index contributed by atoms with van der Waals surface area (Å²) in [7, 11) is 0. The molecule has 3 nitrogen and oxygen atoms in total. The second-order valence-electron chi connectivity index (χ2n) is 2.48. The van der Waals surface area contributed by atoms with Crippen molar-refractivity contribution >= 4 is 5.88 Å². The van der Waals surface area contributed by atoms with E-state index in [0.717, 1.165) is 5.56 Å². The second kappa shape index (κ2) is 2.28. The van der Waals surface area contributed by atoms with Crippen LogP contribution in [-0.4, -0.2) is 0 Å². The zero-order valence-electron chi connectivity index (χ0n) is 6.24. The average molecular weight is 158 g/mol. The fourth-order valence-corrected chi connectivity index (χ4v) is 1.12. The van der Waals surface area contributed by atoms with Crippen molar-refractivity contribution in [3.05, 3.63) is 29.8 Å². The van der Waals surface area contributed by atoms with Gasteiger partial charge in [-0.15, -0.1) is 0 Å². The molecule has 0 saturated carbocycles. The molecule has 2 aliphatic rings. The molecule has 58 valence electrons. The van der Waals surface area contributed by atoms with Crippen LogP contribution in [0.3, 0.4) is 0 Å². The van der Waals surface area contributed by atoms with Crippen LogP contribution in [-0.2, 0) is 0 Å². The summed E-state index contributed by atoms with van der Waals surface area (Å²) in [6.45, 7) is 0. The smallest absolute Gasteiger partial charge is 0.208 e. The molecule has 0 spiro atoms. The molecule has 1 aliphatic heterocycles. The van der Waals surface area contributed by atoms with E-state index in [2.05, 4.69) is 0 Å². The second-order valence-corrected chi connectivity index (χ2v) is 2.48. The lowest BCUT2D eigenvalue weighted by atomic mass is 10.2. The van der Waals surface area contributed by atoms with Gasteiger partial charge in [0.05, 0.1) is 0 Å². The van der Waals surface area contributed by atoms with E-state index in [0.29, 0.717) is 11.3 Å². The zero-order valence-corrected chi connectivity index (χ0v) is 6.24. The van der Waals surface area contributed by atoms with E-state index in [1.807, 2.05) is 24.3 Å². The molecule has 0 saturated heterocycles. The number of anilines is 1. The summed E-state index contributed by atoms with van der Waals surface area (Å²) >= 11 is 0.